The van der Waals surface area contributed by atoms with Gasteiger partial charge in [0.05, 0.1) is 19.3 Å². The summed E-state index contributed by atoms with van der Waals surface area (Å²) < 4.78 is 5.50. The molecule has 3 N–H and O–H groups in total. The number of ether oxygens (including phenoxy) is 1. The third-order valence-corrected chi connectivity index (χ3v) is 6.09. The molecule has 0 amide bonds. The van der Waals surface area contributed by atoms with Crippen molar-refractivity contribution in [2.45, 2.75) is 31.1 Å². The first-order valence-electron chi connectivity index (χ1n) is 9.60. The van der Waals surface area contributed by atoms with Crippen molar-refractivity contribution in [1.82, 2.24) is 19.9 Å². The molecule has 3 aromatic rings. The highest BCUT2D eigenvalue weighted by Crippen LogP contribution is 2.31. The first-order valence-corrected chi connectivity index (χ1v) is 10.9. The Hall–Kier alpha value is -2.32. The summed E-state index contributed by atoms with van der Waals surface area (Å²) in [5, 5.41) is 2.04. The molecule has 8 heteroatoms. The average molecular weight is 399 g/mol. The largest absolute Gasteiger partial charge is 0.384 e. The monoisotopic (exact) mass is 398 g/mol. The molecule has 0 spiro atoms. The molecule has 1 aliphatic heterocycles. The molecule has 5 rings (SSSR count). The minimum atomic E-state index is 0.260. The van der Waals surface area contributed by atoms with Crippen LogP contribution in [0.4, 0.5) is 11.6 Å². The molecule has 2 aliphatic rings. The number of nitrogens with two attached hydrogens (primary N) is 1. The second kappa shape index (κ2) is 8.36. The number of morpholine rings is 1. The van der Waals surface area contributed by atoms with Crippen LogP contribution in [0.3, 0.4) is 0 Å². The van der Waals surface area contributed by atoms with Crippen LogP contribution < -0.4 is 10.6 Å². The Morgan fingerprint density at radius 3 is 2.86 bits per heavy atom. The number of nitrogen functional groups attached to an aromatic ring is 1. The summed E-state index contributed by atoms with van der Waals surface area (Å²) in [6.07, 6.45) is 8.73. The lowest BCUT2D eigenvalue weighted by Gasteiger charge is -2.34. The summed E-state index contributed by atoms with van der Waals surface area (Å²) in [7, 11) is 0. The quantitative estimate of drug-likeness (QED) is 0.699. The van der Waals surface area contributed by atoms with Crippen LogP contribution in [0.5, 0.6) is 0 Å². The topological polar surface area (TPSA) is 93.0 Å². The molecule has 28 heavy (non-hydrogen) atoms. The Morgan fingerprint density at radius 1 is 1.29 bits per heavy atom. The molecule has 148 valence electrons. The van der Waals surface area contributed by atoms with Crippen LogP contribution in [0.2, 0.25) is 0 Å². The zero-order valence-corrected chi connectivity index (χ0v) is 17.1. The van der Waals surface area contributed by atoms with Crippen LogP contribution in [0, 0.1) is 0 Å². The Balaban J connectivity index is 0.000000336. The van der Waals surface area contributed by atoms with Crippen molar-refractivity contribution in [3.63, 3.8) is 0 Å². The lowest BCUT2D eigenvalue weighted by molar-refractivity contribution is 0.0985. The summed E-state index contributed by atoms with van der Waals surface area (Å²) in [4.78, 5) is 18.8. The van der Waals surface area contributed by atoms with Gasteiger partial charge in [0.15, 0.2) is 5.82 Å². The molecule has 0 bridgehead atoms. The number of thioether (sulfide) groups is 1. The Kier molecular flexibility index (Phi) is 5.68. The van der Waals surface area contributed by atoms with Gasteiger partial charge < -0.3 is 20.4 Å². The van der Waals surface area contributed by atoms with Gasteiger partial charge in [0.2, 0.25) is 0 Å². The maximum atomic E-state index is 6.04. The number of pyridine rings is 1. The normalized spacial score (nSPS) is 19.4. The second-order valence-electron chi connectivity index (χ2n) is 7.13. The third kappa shape index (κ3) is 4.23. The van der Waals surface area contributed by atoms with Crippen LogP contribution in [0.1, 0.15) is 19.8 Å². The third-order valence-electron chi connectivity index (χ3n) is 4.95. The van der Waals surface area contributed by atoms with Crippen LogP contribution >= 0.6 is 11.8 Å². The molecule has 1 saturated heterocycles. The standard InChI is InChI=1S/C16H18N6O.C4H8S/c1-10-9-23-7-6-22(10)14-8-13(17)20-16(21-14)12-3-5-19-15-11(12)2-4-18-15;1-5-4-2-3-4/h2-5,8,10H,6-7,9H2,1H3,(H,18,19)(H2,17,20,21);4H,2-3H2,1H3. The van der Waals surface area contributed by atoms with E-state index in [2.05, 4.69) is 33.0 Å². The molecule has 3 aromatic heterocycles. The molecular weight excluding hydrogens is 372 g/mol. The van der Waals surface area contributed by atoms with E-state index in [-0.39, 0.29) is 6.04 Å². The summed E-state index contributed by atoms with van der Waals surface area (Å²) in [5.74, 6) is 1.92. The highest BCUT2D eigenvalue weighted by Gasteiger charge is 2.22. The number of rotatable bonds is 3. The summed E-state index contributed by atoms with van der Waals surface area (Å²) in [6.45, 7) is 4.30. The minimum absolute atomic E-state index is 0.260. The molecule has 0 aromatic carbocycles. The van der Waals surface area contributed by atoms with Gasteiger partial charge >= 0.3 is 0 Å². The van der Waals surface area contributed by atoms with Crippen molar-refractivity contribution in [1.29, 1.82) is 0 Å². The van der Waals surface area contributed by atoms with E-state index in [0.29, 0.717) is 24.9 Å². The van der Waals surface area contributed by atoms with Gasteiger partial charge in [-0.05, 0) is 38.2 Å². The van der Waals surface area contributed by atoms with E-state index >= 15 is 0 Å². The molecule has 1 atom stereocenters. The second-order valence-corrected chi connectivity index (χ2v) is 8.26. The summed E-state index contributed by atoms with van der Waals surface area (Å²) in [5.41, 5.74) is 7.77. The van der Waals surface area contributed by atoms with E-state index in [4.69, 9.17) is 15.5 Å². The molecule has 1 aliphatic carbocycles. The van der Waals surface area contributed by atoms with Gasteiger partial charge in [0, 0.05) is 41.2 Å². The van der Waals surface area contributed by atoms with Gasteiger partial charge in [-0.1, -0.05) is 0 Å². The number of nitrogens with one attached hydrogen (secondary N) is 1. The van der Waals surface area contributed by atoms with Crippen LogP contribution in [-0.4, -0.2) is 57.2 Å². The van der Waals surface area contributed by atoms with Crippen molar-refractivity contribution in [2.24, 2.45) is 0 Å². The molecular formula is C20H26N6OS. The van der Waals surface area contributed by atoms with E-state index < -0.39 is 0 Å². The SMILES string of the molecule is CC1COCCN1c1cc(N)nc(-c2ccnc3[nH]ccc23)n1.CSC1CC1. The number of aromatic nitrogens is 4. The van der Waals surface area contributed by atoms with Crippen LogP contribution in [0.15, 0.2) is 30.6 Å². The van der Waals surface area contributed by atoms with Gasteiger partial charge in [-0.3, -0.25) is 0 Å². The fourth-order valence-electron chi connectivity index (χ4n) is 3.25. The molecule has 0 radical (unpaired) electrons. The Bertz CT molecular complexity index is 941. The minimum Gasteiger partial charge on any atom is -0.384 e. The fraction of sp³-hybridized carbons (Fsp3) is 0.450. The number of nitrogens with zero attached hydrogens (tertiary/aromatic N) is 4. The molecule has 2 fully saturated rings. The van der Waals surface area contributed by atoms with Crippen molar-refractivity contribution >= 4 is 34.4 Å². The van der Waals surface area contributed by atoms with E-state index in [0.717, 1.165) is 34.2 Å². The highest BCUT2D eigenvalue weighted by molar-refractivity contribution is 7.99. The van der Waals surface area contributed by atoms with Gasteiger partial charge in [0.25, 0.3) is 0 Å². The first kappa shape index (κ1) is 19.0. The van der Waals surface area contributed by atoms with Gasteiger partial charge in [-0.25, -0.2) is 15.0 Å². The van der Waals surface area contributed by atoms with E-state index in [1.165, 1.54) is 12.8 Å². The lowest BCUT2D eigenvalue weighted by Crippen LogP contribution is -2.44. The van der Waals surface area contributed by atoms with E-state index in [1.54, 1.807) is 6.20 Å². The number of hydrogen-bond donors (Lipinski definition) is 2. The van der Waals surface area contributed by atoms with Gasteiger partial charge in [0.1, 0.15) is 17.3 Å². The number of anilines is 2. The fourth-order valence-corrected chi connectivity index (χ4v) is 3.85. The highest BCUT2D eigenvalue weighted by atomic mass is 32.2. The number of hydrogen-bond acceptors (Lipinski definition) is 7. The molecule has 1 saturated carbocycles. The Labute approximate surface area is 169 Å². The lowest BCUT2D eigenvalue weighted by atomic mass is 10.1. The average Bonchev–Trinajstić information content (AvgIpc) is 3.43. The zero-order valence-electron chi connectivity index (χ0n) is 16.3. The predicted octanol–water partition coefficient (Wildman–Crippen LogP) is 3.34. The zero-order chi connectivity index (χ0) is 19.5. The summed E-state index contributed by atoms with van der Waals surface area (Å²) >= 11 is 1.99. The van der Waals surface area contributed by atoms with Crippen LogP contribution in [0.25, 0.3) is 22.4 Å². The Morgan fingerprint density at radius 2 is 2.14 bits per heavy atom. The van der Waals surface area contributed by atoms with Gasteiger partial charge in [-0.2, -0.15) is 11.8 Å². The van der Waals surface area contributed by atoms with E-state index in [1.807, 2.05) is 36.2 Å². The maximum Gasteiger partial charge on any atom is 0.164 e. The van der Waals surface area contributed by atoms with Crippen molar-refractivity contribution in [3.05, 3.63) is 30.6 Å². The number of aromatic amines is 1. The van der Waals surface area contributed by atoms with Crippen molar-refractivity contribution in [2.75, 3.05) is 36.6 Å². The maximum absolute atomic E-state index is 6.04. The molecule has 4 heterocycles. The summed E-state index contributed by atoms with van der Waals surface area (Å²) in [6, 6.07) is 5.97. The van der Waals surface area contributed by atoms with Gasteiger partial charge in [-0.15, -0.1) is 0 Å². The van der Waals surface area contributed by atoms with Crippen LogP contribution in [-0.2, 0) is 4.74 Å². The molecule has 1 unspecified atom stereocenters. The first-order chi connectivity index (χ1) is 13.7. The predicted molar refractivity (Wildman–Crippen MR) is 116 cm³/mol. The smallest absolute Gasteiger partial charge is 0.164 e. The van der Waals surface area contributed by atoms with E-state index in [9.17, 15) is 0 Å². The van der Waals surface area contributed by atoms with Crippen molar-refractivity contribution < 1.29 is 4.74 Å². The number of H-pyrrole nitrogens is 1. The number of fused-ring (bicyclic) bond motifs is 1. The molecule has 7 nitrogen and oxygen atoms in total. The van der Waals surface area contributed by atoms with Crippen molar-refractivity contribution in [3.8, 4) is 11.4 Å².